The van der Waals surface area contributed by atoms with Gasteiger partial charge in [0, 0.05) is 50.3 Å². The zero-order valence-corrected chi connectivity index (χ0v) is 19.5. The Hall–Kier alpha value is -2.56. The van der Waals surface area contributed by atoms with Crippen LogP contribution in [0.5, 0.6) is 0 Å². The Morgan fingerprint density at radius 3 is 2.70 bits per heavy atom. The number of aryl methyl sites for hydroxylation is 1. The molecule has 0 bridgehead atoms. The van der Waals surface area contributed by atoms with Crippen molar-refractivity contribution >= 4 is 47.4 Å². The van der Waals surface area contributed by atoms with Gasteiger partial charge in [-0.25, -0.2) is 0 Å². The third-order valence-electron chi connectivity index (χ3n) is 4.85. The van der Waals surface area contributed by atoms with Crippen molar-refractivity contribution in [3.63, 3.8) is 0 Å². The number of hydrogen-bond donors (Lipinski definition) is 4. The Kier molecular flexibility index (Phi) is 9.15. The van der Waals surface area contributed by atoms with E-state index in [-0.39, 0.29) is 41.7 Å². The molecule has 2 amide bonds. The molecule has 9 heteroatoms. The zero-order valence-electron chi connectivity index (χ0n) is 17.2. The fourth-order valence-corrected chi connectivity index (χ4v) is 3.31. The number of benzene rings is 1. The predicted octanol–water partition coefficient (Wildman–Crippen LogP) is 2.62. The summed E-state index contributed by atoms with van der Waals surface area (Å²) in [5.74, 6) is 0.938. The lowest BCUT2D eigenvalue weighted by molar-refractivity contribution is -0.116. The highest BCUT2D eigenvalue weighted by atomic mass is 127. The molecule has 1 aliphatic rings. The number of hydrogen-bond acceptors (Lipinski definition) is 4. The fraction of sp³-hybridized carbons (Fsp3) is 0.381. The van der Waals surface area contributed by atoms with E-state index in [9.17, 15) is 9.59 Å². The summed E-state index contributed by atoms with van der Waals surface area (Å²) < 4.78 is 5.18. The number of carbonyl (C=O) groups excluding carboxylic acids is 2. The SMILES string of the molecule is CN=C(NCCCNC(=O)c1occc1C)NCC1CC(=O)Nc2ccccc21.I. The van der Waals surface area contributed by atoms with E-state index in [0.717, 1.165) is 23.2 Å². The third kappa shape index (κ3) is 6.22. The van der Waals surface area contributed by atoms with Crippen molar-refractivity contribution in [1.82, 2.24) is 16.0 Å². The maximum absolute atomic E-state index is 12.0. The van der Waals surface area contributed by atoms with Crippen LogP contribution in [0.2, 0.25) is 0 Å². The second-order valence-corrected chi connectivity index (χ2v) is 6.96. The second-order valence-electron chi connectivity index (χ2n) is 6.96. The number of guanidine groups is 1. The third-order valence-corrected chi connectivity index (χ3v) is 4.85. The number of nitrogens with zero attached hydrogens (tertiary/aromatic N) is 1. The first-order chi connectivity index (χ1) is 14.1. The lowest BCUT2D eigenvalue weighted by atomic mass is 9.90. The number of para-hydroxylation sites is 1. The van der Waals surface area contributed by atoms with Crippen LogP contribution in [0.4, 0.5) is 5.69 Å². The van der Waals surface area contributed by atoms with E-state index in [1.165, 1.54) is 6.26 Å². The van der Waals surface area contributed by atoms with E-state index >= 15 is 0 Å². The summed E-state index contributed by atoms with van der Waals surface area (Å²) in [6, 6.07) is 9.63. The van der Waals surface area contributed by atoms with Crippen molar-refractivity contribution in [3.05, 3.63) is 53.5 Å². The smallest absolute Gasteiger partial charge is 0.287 e. The van der Waals surface area contributed by atoms with E-state index in [2.05, 4.69) is 26.3 Å². The van der Waals surface area contributed by atoms with E-state index < -0.39 is 0 Å². The van der Waals surface area contributed by atoms with Gasteiger partial charge in [0.1, 0.15) is 0 Å². The molecule has 1 aliphatic heterocycles. The van der Waals surface area contributed by atoms with Crippen molar-refractivity contribution in [2.45, 2.75) is 25.7 Å². The molecule has 0 saturated heterocycles. The standard InChI is InChI=1S/C21H27N5O3.HI/c1-14-8-11-29-19(14)20(28)23-9-5-10-24-21(22-2)25-13-15-12-18(27)26-17-7-4-3-6-16(15)17;/h3-4,6-8,11,15H,5,9-10,12-13H2,1-2H3,(H,23,28)(H,26,27)(H2,22,24,25);1H. The normalized spacial score (nSPS) is 15.5. The quantitative estimate of drug-likeness (QED) is 0.193. The van der Waals surface area contributed by atoms with Gasteiger partial charge in [-0.05, 0) is 31.0 Å². The minimum Gasteiger partial charge on any atom is -0.459 e. The molecule has 1 aromatic carbocycles. The Morgan fingerprint density at radius 1 is 1.20 bits per heavy atom. The van der Waals surface area contributed by atoms with Gasteiger partial charge in [0.25, 0.3) is 5.91 Å². The molecule has 1 unspecified atom stereocenters. The summed E-state index contributed by atoms with van der Waals surface area (Å²) in [6.45, 7) is 3.63. The van der Waals surface area contributed by atoms with Crippen LogP contribution in [-0.2, 0) is 4.79 Å². The van der Waals surface area contributed by atoms with Crippen molar-refractivity contribution in [1.29, 1.82) is 0 Å². The predicted molar refractivity (Wildman–Crippen MR) is 128 cm³/mol. The Labute approximate surface area is 193 Å². The maximum Gasteiger partial charge on any atom is 0.287 e. The Morgan fingerprint density at radius 2 is 1.97 bits per heavy atom. The summed E-state index contributed by atoms with van der Waals surface area (Å²) in [6.07, 6.45) is 2.69. The summed E-state index contributed by atoms with van der Waals surface area (Å²) in [4.78, 5) is 28.1. The molecular weight excluding hydrogens is 497 g/mol. The molecule has 0 aliphatic carbocycles. The molecule has 0 radical (unpaired) electrons. The number of carbonyl (C=O) groups is 2. The molecule has 30 heavy (non-hydrogen) atoms. The minimum absolute atomic E-state index is 0. The van der Waals surface area contributed by atoms with Crippen molar-refractivity contribution in [2.24, 2.45) is 4.99 Å². The van der Waals surface area contributed by atoms with Gasteiger partial charge >= 0.3 is 0 Å². The van der Waals surface area contributed by atoms with Crippen LogP contribution in [-0.4, -0.2) is 44.5 Å². The summed E-state index contributed by atoms with van der Waals surface area (Å²) in [5, 5.41) is 12.3. The number of anilines is 1. The van der Waals surface area contributed by atoms with Crippen molar-refractivity contribution in [3.8, 4) is 0 Å². The van der Waals surface area contributed by atoms with Crippen LogP contribution >= 0.6 is 24.0 Å². The first-order valence-electron chi connectivity index (χ1n) is 9.74. The number of rotatable bonds is 7. The van der Waals surface area contributed by atoms with Gasteiger partial charge in [0.05, 0.1) is 6.26 Å². The highest BCUT2D eigenvalue weighted by molar-refractivity contribution is 14.0. The molecule has 0 fully saturated rings. The van der Waals surface area contributed by atoms with E-state index in [0.29, 0.717) is 37.8 Å². The monoisotopic (exact) mass is 525 g/mol. The van der Waals surface area contributed by atoms with E-state index in [1.807, 2.05) is 31.2 Å². The lowest BCUT2D eigenvalue weighted by Crippen LogP contribution is -2.41. The molecule has 4 N–H and O–H groups in total. The second kappa shape index (κ2) is 11.6. The van der Waals surface area contributed by atoms with Gasteiger partial charge in [0.2, 0.25) is 5.91 Å². The molecule has 1 aromatic heterocycles. The molecule has 2 heterocycles. The minimum atomic E-state index is -0.204. The largest absolute Gasteiger partial charge is 0.459 e. The van der Waals surface area contributed by atoms with E-state index in [1.54, 1.807) is 13.1 Å². The van der Waals surface area contributed by atoms with Gasteiger partial charge in [-0.3, -0.25) is 14.6 Å². The summed E-state index contributed by atoms with van der Waals surface area (Å²) >= 11 is 0. The number of aliphatic imine (C=N–C) groups is 1. The molecular formula is C21H28IN5O3. The van der Waals surface area contributed by atoms with Crippen molar-refractivity contribution in [2.75, 3.05) is 32.0 Å². The molecule has 8 nitrogen and oxygen atoms in total. The number of nitrogens with one attached hydrogen (secondary N) is 4. The number of halogens is 1. The average Bonchev–Trinajstić information content (AvgIpc) is 3.15. The Balaban J connectivity index is 0.00000320. The lowest BCUT2D eigenvalue weighted by Gasteiger charge is -2.26. The van der Waals surface area contributed by atoms with Gasteiger partial charge in [-0.2, -0.15) is 0 Å². The van der Waals surface area contributed by atoms with E-state index in [4.69, 9.17) is 4.42 Å². The van der Waals surface area contributed by atoms with Crippen LogP contribution in [0.25, 0.3) is 0 Å². The van der Waals surface area contributed by atoms with Crippen LogP contribution in [0.1, 0.15) is 40.4 Å². The van der Waals surface area contributed by atoms with Gasteiger partial charge in [-0.1, -0.05) is 18.2 Å². The van der Waals surface area contributed by atoms with Crippen LogP contribution in [0, 0.1) is 6.92 Å². The molecule has 162 valence electrons. The number of amides is 2. The Bertz CT molecular complexity index is 896. The highest BCUT2D eigenvalue weighted by Gasteiger charge is 2.24. The van der Waals surface area contributed by atoms with Crippen LogP contribution < -0.4 is 21.3 Å². The van der Waals surface area contributed by atoms with Gasteiger partial charge in [0.15, 0.2) is 11.7 Å². The molecule has 1 atom stereocenters. The molecule has 0 spiro atoms. The molecule has 0 saturated carbocycles. The fourth-order valence-electron chi connectivity index (χ4n) is 3.31. The van der Waals surface area contributed by atoms with Gasteiger partial charge in [-0.15, -0.1) is 24.0 Å². The molecule has 2 aromatic rings. The first-order valence-corrected chi connectivity index (χ1v) is 9.74. The first kappa shape index (κ1) is 23.7. The van der Waals surface area contributed by atoms with Crippen LogP contribution in [0.3, 0.4) is 0 Å². The number of fused-ring (bicyclic) bond motifs is 1. The zero-order chi connectivity index (χ0) is 20.6. The highest BCUT2D eigenvalue weighted by Crippen LogP contribution is 2.31. The van der Waals surface area contributed by atoms with Crippen molar-refractivity contribution < 1.29 is 14.0 Å². The topological polar surface area (TPSA) is 108 Å². The number of furan rings is 1. The summed E-state index contributed by atoms with van der Waals surface area (Å²) in [7, 11) is 1.71. The van der Waals surface area contributed by atoms with Crippen LogP contribution in [0.15, 0.2) is 46.0 Å². The van der Waals surface area contributed by atoms with Gasteiger partial charge < -0.3 is 25.7 Å². The molecule has 3 rings (SSSR count). The summed E-state index contributed by atoms with van der Waals surface area (Å²) in [5.41, 5.74) is 2.83. The maximum atomic E-state index is 12.0. The average molecular weight is 525 g/mol.